The van der Waals surface area contributed by atoms with Crippen molar-refractivity contribution in [2.45, 2.75) is 119 Å². The van der Waals surface area contributed by atoms with Crippen LogP contribution in [0.25, 0.3) is 11.0 Å². The van der Waals surface area contributed by atoms with Crippen molar-refractivity contribution in [2.24, 2.45) is 5.92 Å². The summed E-state index contributed by atoms with van der Waals surface area (Å²) in [5.41, 5.74) is -0.204. The smallest absolute Gasteiger partial charge is 0.425 e. The molecule has 3 fully saturated rings. The van der Waals surface area contributed by atoms with Gasteiger partial charge in [0, 0.05) is 18.4 Å². The van der Waals surface area contributed by atoms with Gasteiger partial charge in [-0.25, -0.2) is 23.2 Å². The number of aryl methyl sites for hydroxylation is 1. The Balaban J connectivity index is 1.31. The molecule has 4 aliphatic rings. The highest BCUT2D eigenvalue weighted by Crippen LogP contribution is 2.47. The van der Waals surface area contributed by atoms with Crippen LogP contribution in [0.3, 0.4) is 0 Å². The molecule has 1 aromatic carbocycles. The zero-order valence-corrected chi connectivity index (χ0v) is 31.7. The molecule has 0 unspecified atom stereocenters. The fraction of sp³-hybridized carbons (Fsp3) is 0.611. The standard InChI is InChI=1S/C36H45F3N6O9S/c1-20-30(41-27-16-23(52-4)12-13-25(27)40-20)54-24-17-28-29(46)43-35(32(48)44-55(50,51)34(3)14-15-34)18-22(35)10-8-6-5-7-9-11-26(31(47)45(28)19-24)42-33(49)53-21(2)36(37,38)39/h8,10,12-13,16,21-22,24,26,28H,5-7,9,11,14-15,17-19H2,1-4H3,(H,42,49)(H,43,46)(H,44,48)/b10-8-/t21-,22+,24+,26-,28-,35+/m0/s1. The number of alkyl halides is 3. The Labute approximate surface area is 316 Å². The number of aromatic nitrogens is 2. The summed E-state index contributed by atoms with van der Waals surface area (Å²) in [6, 6.07) is 2.42. The van der Waals surface area contributed by atoms with Gasteiger partial charge in [0.15, 0.2) is 6.10 Å². The Bertz CT molecular complexity index is 1990. The normalized spacial score (nSPS) is 27.9. The van der Waals surface area contributed by atoms with E-state index in [9.17, 15) is 40.8 Å². The van der Waals surface area contributed by atoms with Gasteiger partial charge >= 0.3 is 12.3 Å². The average molecular weight is 795 g/mol. The first kappa shape index (κ1) is 40.0. The van der Waals surface area contributed by atoms with Crippen LogP contribution in [0.2, 0.25) is 0 Å². The molecule has 55 heavy (non-hydrogen) atoms. The lowest BCUT2D eigenvalue weighted by molar-refractivity contribution is -0.197. The molecule has 2 saturated carbocycles. The zero-order chi connectivity index (χ0) is 39.9. The lowest BCUT2D eigenvalue weighted by Crippen LogP contribution is -2.58. The van der Waals surface area contributed by atoms with E-state index >= 15 is 0 Å². The number of rotatable bonds is 8. The van der Waals surface area contributed by atoms with Crippen LogP contribution in [0.15, 0.2) is 30.4 Å². The second-order valence-corrected chi connectivity index (χ2v) is 17.2. The Kier molecular flexibility index (Phi) is 11.0. The maximum absolute atomic E-state index is 14.3. The van der Waals surface area contributed by atoms with Crippen LogP contribution in [0, 0.1) is 12.8 Å². The molecule has 6 atom stereocenters. The SMILES string of the molecule is COc1ccc2nc(C)c(O[C@@H]3C[C@H]4C(=O)N[C@]5(C(=O)NS(=O)(=O)C6(C)CC6)C[C@H]5/C=C\CCCCC[C@H](NC(=O)O[C@@H](C)C(F)(F)F)C(=O)N4C3)nc2c1. The number of nitrogens with zero attached hydrogens (tertiary/aromatic N) is 3. The van der Waals surface area contributed by atoms with Gasteiger partial charge in [-0.05, 0) is 71.4 Å². The minimum absolute atomic E-state index is 0.0249. The molecule has 3 N–H and O–H groups in total. The highest BCUT2D eigenvalue weighted by molar-refractivity contribution is 7.91. The number of allylic oxidation sites excluding steroid dienone is 1. The van der Waals surface area contributed by atoms with E-state index in [4.69, 9.17) is 9.47 Å². The van der Waals surface area contributed by atoms with Crippen LogP contribution < -0.4 is 24.8 Å². The van der Waals surface area contributed by atoms with Crippen LogP contribution in [-0.4, -0.2) is 102 Å². The summed E-state index contributed by atoms with van der Waals surface area (Å²) in [5.74, 6) is -2.35. The molecule has 1 saturated heterocycles. The number of fused-ring (bicyclic) bond motifs is 3. The minimum atomic E-state index is -4.84. The van der Waals surface area contributed by atoms with E-state index in [1.807, 2.05) is 6.08 Å². The molecule has 2 aliphatic heterocycles. The highest BCUT2D eigenvalue weighted by atomic mass is 32.2. The Hall–Kier alpha value is -4.68. The van der Waals surface area contributed by atoms with Gasteiger partial charge in [0.1, 0.15) is 35.2 Å². The van der Waals surface area contributed by atoms with Crippen molar-refractivity contribution in [1.82, 2.24) is 30.2 Å². The molecule has 1 aromatic heterocycles. The van der Waals surface area contributed by atoms with E-state index in [2.05, 4.69) is 30.1 Å². The van der Waals surface area contributed by atoms with Gasteiger partial charge in [-0.3, -0.25) is 19.1 Å². The number of carbonyl (C=O) groups is 4. The number of ether oxygens (including phenoxy) is 3. The molecule has 2 aromatic rings. The topological polar surface area (TPSA) is 195 Å². The first-order chi connectivity index (χ1) is 25.9. The van der Waals surface area contributed by atoms with Crippen LogP contribution in [0.4, 0.5) is 18.0 Å². The number of sulfonamides is 1. The Morgan fingerprint density at radius 3 is 2.55 bits per heavy atom. The number of alkyl carbamates (subject to hydrolysis) is 1. The molecule has 300 valence electrons. The van der Waals surface area contributed by atoms with Crippen LogP contribution in [0.5, 0.6) is 11.6 Å². The van der Waals surface area contributed by atoms with Crippen molar-refractivity contribution >= 4 is 44.9 Å². The number of amides is 4. The molecule has 15 nitrogen and oxygen atoms in total. The Morgan fingerprint density at radius 1 is 1.11 bits per heavy atom. The Morgan fingerprint density at radius 2 is 1.85 bits per heavy atom. The van der Waals surface area contributed by atoms with Gasteiger partial charge in [0.25, 0.3) is 5.91 Å². The van der Waals surface area contributed by atoms with Gasteiger partial charge in [-0.15, -0.1) is 0 Å². The van der Waals surface area contributed by atoms with Crippen molar-refractivity contribution in [1.29, 1.82) is 0 Å². The molecule has 6 rings (SSSR count). The fourth-order valence-electron chi connectivity index (χ4n) is 6.85. The van der Waals surface area contributed by atoms with Crippen molar-refractivity contribution in [3.8, 4) is 11.6 Å². The van der Waals surface area contributed by atoms with Gasteiger partial charge in [-0.2, -0.15) is 13.2 Å². The monoisotopic (exact) mass is 794 g/mol. The van der Waals surface area contributed by atoms with Gasteiger partial charge in [0.2, 0.25) is 27.7 Å². The summed E-state index contributed by atoms with van der Waals surface area (Å²) >= 11 is 0. The first-order valence-corrected chi connectivity index (χ1v) is 19.7. The van der Waals surface area contributed by atoms with Crippen LogP contribution >= 0.6 is 0 Å². The molecule has 0 bridgehead atoms. The van der Waals surface area contributed by atoms with Gasteiger partial charge < -0.3 is 29.7 Å². The molecule has 0 radical (unpaired) electrons. The summed E-state index contributed by atoms with van der Waals surface area (Å²) in [6.45, 7) is 3.65. The van der Waals surface area contributed by atoms with E-state index < -0.39 is 80.5 Å². The molecule has 2 aliphatic carbocycles. The number of nitrogens with one attached hydrogen (secondary N) is 3. The summed E-state index contributed by atoms with van der Waals surface area (Å²) in [6.07, 6.45) is -3.07. The second-order valence-electron chi connectivity index (χ2n) is 15.0. The summed E-state index contributed by atoms with van der Waals surface area (Å²) < 4.78 is 83.0. The maximum atomic E-state index is 14.3. The number of halogens is 3. The number of hydrogen-bond acceptors (Lipinski definition) is 11. The quantitative estimate of drug-likeness (QED) is 0.330. The van der Waals surface area contributed by atoms with E-state index in [0.29, 0.717) is 67.9 Å². The summed E-state index contributed by atoms with van der Waals surface area (Å²) in [7, 11) is -2.56. The van der Waals surface area contributed by atoms with E-state index in [1.165, 1.54) is 14.0 Å². The average Bonchev–Trinajstić information content (AvgIpc) is 4.00. The predicted molar refractivity (Wildman–Crippen MR) is 190 cm³/mol. The van der Waals surface area contributed by atoms with Gasteiger partial charge in [-0.1, -0.05) is 25.0 Å². The van der Waals surface area contributed by atoms with Gasteiger partial charge in [0.05, 0.1) is 29.4 Å². The number of methoxy groups -OCH3 is 1. The minimum Gasteiger partial charge on any atom is -0.497 e. The maximum Gasteiger partial charge on any atom is 0.425 e. The molecule has 19 heteroatoms. The van der Waals surface area contributed by atoms with E-state index in [-0.39, 0.29) is 31.7 Å². The third-order valence-electron chi connectivity index (χ3n) is 10.8. The summed E-state index contributed by atoms with van der Waals surface area (Å²) in [5, 5.41) is 5.04. The predicted octanol–water partition coefficient (Wildman–Crippen LogP) is 3.73. The van der Waals surface area contributed by atoms with E-state index in [0.717, 1.165) is 4.90 Å². The molecule has 0 spiro atoms. The van der Waals surface area contributed by atoms with Crippen LogP contribution in [-0.2, 0) is 29.1 Å². The molecular formula is C36H45F3N6O9S. The largest absolute Gasteiger partial charge is 0.497 e. The zero-order valence-electron chi connectivity index (χ0n) is 30.9. The first-order valence-electron chi connectivity index (χ1n) is 18.2. The number of benzene rings is 1. The fourth-order valence-corrected chi connectivity index (χ4v) is 8.16. The number of hydrogen-bond donors (Lipinski definition) is 3. The molecule has 4 amide bonds. The van der Waals surface area contributed by atoms with Crippen molar-refractivity contribution in [3.05, 3.63) is 36.0 Å². The summed E-state index contributed by atoms with van der Waals surface area (Å²) in [4.78, 5) is 65.4. The third kappa shape index (κ3) is 8.60. The number of carbonyl (C=O) groups excluding carboxylic acids is 4. The molecular weight excluding hydrogens is 749 g/mol. The second kappa shape index (κ2) is 15.1. The van der Waals surface area contributed by atoms with Crippen molar-refractivity contribution in [3.63, 3.8) is 0 Å². The van der Waals surface area contributed by atoms with Crippen LogP contribution in [0.1, 0.15) is 77.3 Å². The van der Waals surface area contributed by atoms with Crippen molar-refractivity contribution < 1.29 is 55.0 Å². The third-order valence-corrected chi connectivity index (χ3v) is 13.0. The lowest BCUT2D eigenvalue weighted by Gasteiger charge is -2.30. The molecule has 3 heterocycles. The van der Waals surface area contributed by atoms with E-state index in [1.54, 1.807) is 31.2 Å². The van der Waals surface area contributed by atoms with Crippen molar-refractivity contribution in [2.75, 3.05) is 13.7 Å². The highest BCUT2D eigenvalue weighted by Gasteiger charge is 2.63. The lowest BCUT2D eigenvalue weighted by atomic mass is 10.0.